The maximum absolute atomic E-state index is 12.1. The van der Waals surface area contributed by atoms with Crippen molar-refractivity contribution < 1.29 is 9.53 Å². The molecule has 0 aromatic heterocycles. The van der Waals surface area contributed by atoms with Crippen LogP contribution in [0.3, 0.4) is 0 Å². The Kier molecular flexibility index (Phi) is 5.41. The van der Waals surface area contributed by atoms with Gasteiger partial charge in [0.25, 0.3) is 5.91 Å². The molecule has 4 nitrogen and oxygen atoms in total. The van der Waals surface area contributed by atoms with Crippen LogP contribution in [-0.2, 0) is 11.2 Å². The number of likely N-dealkylation sites (tertiary alicyclic amines) is 1. The first-order chi connectivity index (χ1) is 9.72. The van der Waals surface area contributed by atoms with E-state index >= 15 is 0 Å². The third kappa shape index (κ3) is 3.97. The van der Waals surface area contributed by atoms with Gasteiger partial charge in [-0.1, -0.05) is 19.1 Å². The number of rotatable bonds is 5. The van der Waals surface area contributed by atoms with Crippen LogP contribution < -0.4 is 10.1 Å². The number of likely N-dealkylation sites (N-methyl/N-ethyl adjacent to an activating group) is 1. The monoisotopic (exact) mass is 276 g/mol. The molecule has 110 valence electrons. The third-order valence-electron chi connectivity index (χ3n) is 3.88. The van der Waals surface area contributed by atoms with Crippen molar-refractivity contribution >= 4 is 5.91 Å². The normalized spacial score (nSPS) is 18.9. The first-order valence-corrected chi connectivity index (χ1v) is 7.39. The molecule has 0 aliphatic carbocycles. The number of hydrogen-bond donors (Lipinski definition) is 1. The fourth-order valence-corrected chi connectivity index (χ4v) is 2.50. The summed E-state index contributed by atoms with van der Waals surface area (Å²) in [4.78, 5) is 14.0. The van der Waals surface area contributed by atoms with Crippen LogP contribution in [0.1, 0.15) is 25.3 Å². The smallest absolute Gasteiger partial charge is 0.260 e. The fraction of sp³-hybridized carbons (Fsp3) is 0.562. The molecule has 4 heteroatoms. The number of piperidine rings is 1. The van der Waals surface area contributed by atoms with Gasteiger partial charge >= 0.3 is 0 Å². The van der Waals surface area contributed by atoms with Gasteiger partial charge in [-0.25, -0.2) is 0 Å². The van der Waals surface area contributed by atoms with Crippen LogP contribution >= 0.6 is 0 Å². The van der Waals surface area contributed by atoms with Crippen LogP contribution in [-0.4, -0.2) is 43.6 Å². The van der Waals surface area contributed by atoms with Crippen molar-refractivity contribution in [2.75, 3.05) is 26.7 Å². The van der Waals surface area contributed by atoms with Crippen molar-refractivity contribution in [1.29, 1.82) is 0 Å². The standard InChI is InChI=1S/C16H24N2O2/c1-3-13-6-8-15(9-7-13)20-12-16(19)18-10-4-5-14(11-18)17-2/h6-9,14,17H,3-5,10-12H2,1-2H3. The van der Waals surface area contributed by atoms with Crippen LogP contribution in [0.15, 0.2) is 24.3 Å². The maximum Gasteiger partial charge on any atom is 0.260 e. The van der Waals surface area contributed by atoms with Gasteiger partial charge in [0.15, 0.2) is 6.61 Å². The van der Waals surface area contributed by atoms with Gasteiger partial charge in [0.2, 0.25) is 0 Å². The van der Waals surface area contributed by atoms with Crippen LogP contribution in [0.25, 0.3) is 0 Å². The van der Waals surface area contributed by atoms with Gasteiger partial charge in [0.05, 0.1) is 0 Å². The van der Waals surface area contributed by atoms with Gasteiger partial charge in [-0.3, -0.25) is 4.79 Å². The van der Waals surface area contributed by atoms with E-state index in [1.807, 2.05) is 36.2 Å². The highest BCUT2D eigenvalue weighted by Crippen LogP contribution is 2.14. The van der Waals surface area contributed by atoms with E-state index in [1.165, 1.54) is 5.56 Å². The summed E-state index contributed by atoms with van der Waals surface area (Å²) in [6, 6.07) is 8.35. The predicted octanol–water partition coefficient (Wildman–Crippen LogP) is 1.84. The van der Waals surface area contributed by atoms with E-state index in [0.29, 0.717) is 6.04 Å². The lowest BCUT2D eigenvalue weighted by Crippen LogP contribution is -2.48. The molecule has 1 fully saturated rings. The van der Waals surface area contributed by atoms with E-state index in [0.717, 1.165) is 38.1 Å². The average Bonchev–Trinajstić information content (AvgIpc) is 2.53. The van der Waals surface area contributed by atoms with Gasteiger partial charge in [0.1, 0.15) is 5.75 Å². The number of aryl methyl sites for hydroxylation is 1. The fourth-order valence-electron chi connectivity index (χ4n) is 2.50. The van der Waals surface area contributed by atoms with Gasteiger partial charge in [-0.2, -0.15) is 0 Å². The van der Waals surface area contributed by atoms with Crippen molar-refractivity contribution in [3.05, 3.63) is 29.8 Å². The molecule has 0 radical (unpaired) electrons. The Morgan fingerprint density at radius 3 is 2.80 bits per heavy atom. The molecule has 1 aliphatic rings. The summed E-state index contributed by atoms with van der Waals surface area (Å²) < 4.78 is 5.58. The summed E-state index contributed by atoms with van der Waals surface area (Å²) in [5.74, 6) is 0.835. The van der Waals surface area contributed by atoms with Crippen molar-refractivity contribution in [2.45, 2.75) is 32.2 Å². The molecule has 0 spiro atoms. The molecular formula is C16H24N2O2. The third-order valence-corrected chi connectivity index (χ3v) is 3.88. The maximum atomic E-state index is 12.1. The lowest BCUT2D eigenvalue weighted by molar-refractivity contribution is -0.134. The zero-order valence-electron chi connectivity index (χ0n) is 12.4. The van der Waals surface area contributed by atoms with Crippen molar-refractivity contribution in [3.63, 3.8) is 0 Å². The highest BCUT2D eigenvalue weighted by Gasteiger charge is 2.22. The Bertz CT molecular complexity index is 431. The molecule has 2 rings (SSSR count). The molecule has 1 heterocycles. The van der Waals surface area contributed by atoms with Crippen LogP contribution in [0.2, 0.25) is 0 Å². The summed E-state index contributed by atoms with van der Waals surface area (Å²) in [7, 11) is 1.95. The molecule has 1 aromatic carbocycles. The van der Waals surface area contributed by atoms with Gasteiger partial charge in [-0.15, -0.1) is 0 Å². The van der Waals surface area contributed by atoms with E-state index in [4.69, 9.17) is 4.74 Å². The Morgan fingerprint density at radius 1 is 1.40 bits per heavy atom. The highest BCUT2D eigenvalue weighted by atomic mass is 16.5. The quantitative estimate of drug-likeness (QED) is 0.892. The Balaban J connectivity index is 1.81. The van der Waals surface area contributed by atoms with Crippen LogP contribution in [0, 0.1) is 0 Å². The first kappa shape index (κ1) is 14.9. The van der Waals surface area contributed by atoms with Crippen molar-refractivity contribution in [2.24, 2.45) is 0 Å². The van der Waals surface area contributed by atoms with E-state index in [1.54, 1.807) is 0 Å². The number of nitrogens with zero attached hydrogens (tertiary/aromatic N) is 1. The van der Waals surface area contributed by atoms with Crippen molar-refractivity contribution in [1.82, 2.24) is 10.2 Å². The predicted molar refractivity (Wildman–Crippen MR) is 80.0 cm³/mol. The molecule has 1 unspecified atom stereocenters. The molecule has 1 aliphatic heterocycles. The minimum atomic E-state index is 0.0736. The van der Waals surface area contributed by atoms with E-state index in [9.17, 15) is 4.79 Å². The molecule has 1 atom stereocenters. The molecule has 1 amide bonds. The molecule has 1 saturated heterocycles. The van der Waals surface area contributed by atoms with E-state index < -0.39 is 0 Å². The average molecular weight is 276 g/mol. The number of ether oxygens (including phenoxy) is 1. The highest BCUT2D eigenvalue weighted by molar-refractivity contribution is 5.77. The molecule has 1 aromatic rings. The zero-order valence-corrected chi connectivity index (χ0v) is 12.4. The minimum Gasteiger partial charge on any atom is -0.484 e. The van der Waals surface area contributed by atoms with Gasteiger partial charge in [-0.05, 0) is 44.0 Å². The molecular weight excluding hydrogens is 252 g/mol. The zero-order chi connectivity index (χ0) is 14.4. The lowest BCUT2D eigenvalue weighted by Gasteiger charge is -2.32. The van der Waals surface area contributed by atoms with E-state index in [2.05, 4.69) is 12.2 Å². The summed E-state index contributed by atoms with van der Waals surface area (Å²) in [6.07, 6.45) is 3.21. The lowest BCUT2D eigenvalue weighted by atomic mass is 10.1. The second-order valence-corrected chi connectivity index (χ2v) is 5.25. The molecule has 0 bridgehead atoms. The first-order valence-electron chi connectivity index (χ1n) is 7.39. The largest absolute Gasteiger partial charge is 0.484 e. The number of benzene rings is 1. The Morgan fingerprint density at radius 2 is 2.15 bits per heavy atom. The number of amides is 1. The Labute approximate surface area is 121 Å². The Hall–Kier alpha value is -1.55. The number of nitrogens with one attached hydrogen (secondary N) is 1. The summed E-state index contributed by atoms with van der Waals surface area (Å²) >= 11 is 0. The summed E-state index contributed by atoms with van der Waals surface area (Å²) in [5.41, 5.74) is 1.27. The number of carbonyl (C=O) groups excluding carboxylic acids is 1. The summed E-state index contributed by atoms with van der Waals surface area (Å²) in [5, 5.41) is 3.24. The van der Waals surface area contributed by atoms with Gasteiger partial charge in [0, 0.05) is 19.1 Å². The van der Waals surface area contributed by atoms with Gasteiger partial charge < -0.3 is 15.0 Å². The number of hydrogen-bond acceptors (Lipinski definition) is 3. The molecule has 20 heavy (non-hydrogen) atoms. The van der Waals surface area contributed by atoms with Crippen LogP contribution in [0.5, 0.6) is 5.75 Å². The molecule has 1 N–H and O–H groups in total. The second kappa shape index (κ2) is 7.29. The minimum absolute atomic E-state index is 0.0736. The SMILES string of the molecule is CCc1ccc(OCC(=O)N2CCCC(NC)C2)cc1. The van der Waals surface area contributed by atoms with E-state index in [-0.39, 0.29) is 12.5 Å². The summed E-state index contributed by atoms with van der Waals surface area (Å²) in [6.45, 7) is 3.87. The van der Waals surface area contributed by atoms with Crippen LogP contribution in [0.4, 0.5) is 0 Å². The second-order valence-electron chi connectivity index (χ2n) is 5.25. The molecule has 0 saturated carbocycles. The van der Waals surface area contributed by atoms with Crippen molar-refractivity contribution in [3.8, 4) is 5.75 Å². The number of carbonyl (C=O) groups is 1. The topological polar surface area (TPSA) is 41.6 Å².